The van der Waals surface area contributed by atoms with Crippen LogP contribution in [-0.2, 0) is 4.74 Å². The highest BCUT2D eigenvalue weighted by Gasteiger charge is 2.31. The molecule has 1 saturated heterocycles. The summed E-state index contributed by atoms with van der Waals surface area (Å²) in [6, 6.07) is 4.40. The van der Waals surface area contributed by atoms with Gasteiger partial charge in [-0.3, -0.25) is 0 Å². The molecule has 2 rings (SSSR count). The standard InChI is InChI=1S/C17H21FO3/c1-17(2)7-6-15(21-17)12-20-16-10-13(5-3-4-8-19)9-14(18)11-16/h9-11,15,19H,4,6-8,12H2,1-2H3. The predicted octanol–water partition coefficient (Wildman–Crippen LogP) is 2.90. The number of aliphatic hydroxyl groups excluding tert-OH is 1. The molecule has 0 saturated carbocycles. The zero-order chi connectivity index (χ0) is 15.3. The van der Waals surface area contributed by atoms with Gasteiger partial charge in [-0.05, 0) is 38.8 Å². The second-order valence-electron chi connectivity index (χ2n) is 5.80. The molecule has 1 fully saturated rings. The molecule has 0 radical (unpaired) electrons. The van der Waals surface area contributed by atoms with Crippen LogP contribution in [0.15, 0.2) is 18.2 Å². The summed E-state index contributed by atoms with van der Waals surface area (Å²) < 4.78 is 25.0. The van der Waals surface area contributed by atoms with Crippen molar-refractivity contribution in [2.45, 2.75) is 44.8 Å². The minimum Gasteiger partial charge on any atom is -0.491 e. The van der Waals surface area contributed by atoms with Crippen LogP contribution in [0, 0.1) is 17.7 Å². The lowest BCUT2D eigenvalue weighted by molar-refractivity contribution is -0.0326. The summed E-state index contributed by atoms with van der Waals surface area (Å²) in [5.74, 6) is 5.65. The minimum absolute atomic E-state index is 0.000473. The lowest BCUT2D eigenvalue weighted by Gasteiger charge is -2.19. The van der Waals surface area contributed by atoms with E-state index in [0.717, 1.165) is 12.8 Å². The van der Waals surface area contributed by atoms with Crippen LogP contribution in [0.5, 0.6) is 5.75 Å². The normalized spacial score (nSPS) is 19.9. The van der Waals surface area contributed by atoms with Crippen LogP contribution in [0.2, 0.25) is 0 Å². The topological polar surface area (TPSA) is 38.7 Å². The van der Waals surface area contributed by atoms with E-state index in [9.17, 15) is 4.39 Å². The molecular formula is C17H21FO3. The van der Waals surface area contributed by atoms with Gasteiger partial charge in [0.15, 0.2) is 0 Å². The third-order valence-electron chi connectivity index (χ3n) is 3.33. The first-order valence-electron chi connectivity index (χ1n) is 7.19. The van der Waals surface area contributed by atoms with Gasteiger partial charge in [-0.25, -0.2) is 4.39 Å². The summed E-state index contributed by atoms with van der Waals surface area (Å²) in [7, 11) is 0. The number of hydrogen-bond acceptors (Lipinski definition) is 3. The summed E-state index contributed by atoms with van der Waals surface area (Å²) in [4.78, 5) is 0. The summed E-state index contributed by atoms with van der Waals surface area (Å²) in [5, 5.41) is 8.69. The van der Waals surface area contributed by atoms with Crippen molar-refractivity contribution in [3.05, 3.63) is 29.6 Å². The molecule has 1 N–H and O–H groups in total. The summed E-state index contributed by atoms with van der Waals surface area (Å²) >= 11 is 0. The number of ether oxygens (including phenoxy) is 2. The van der Waals surface area contributed by atoms with Crippen LogP contribution in [-0.4, -0.2) is 30.0 Å². The van der Waals surface area contributed by atoms with Crippen molar-refractivity contribution < 1.29 is 19.0 Å². The van der Waals surface area contributed by atoms with Crippen LogP contribution in [0.25, 0.3) is 0 Å². The van der Waals surface area contributed by atoms with E-state index >= 15 is 0 Å². The maximum atomic E-state index is 13.5. The Kier molecular flexibility index (Phi) is 5.22. The molecule has 21 heavy (non-hydrogen) atoms. The number of aliphatic hydroxyl groups is 1. The van der Waals surface area contributed by atoms with Gasteiger partial charge in [-0.1, -0.05) is 11.8 Å². The van der Waals surface area contributed by atoms with Gasteiger partial charge in [0.05, 0.1) is 18.3 Å². The van der Waals surface area contributed by atoms with Gasteiger partial charge >= 0.3 is 0 Å². The van der Waals surface area contributed by atoms with E-state index in [0.29, 0.717) is 24.3 Å². The first-order chi connectivity index (χ1) is 9.98. The maximum Gasteiger partial charge on any atom is 0.128 e. The quantitative estimate of drug-likeness (QED) is 0.867. The van der Waals surface area contributed by atoms with Crippen LogP contribution in [0.1, 0.15) is 38.7 Å². The molecule has 4 heteroatoms. The Morgan fingerprint density at radius 2 is 2.24 bits per heavy atom. The first-order valence-corrected chi connectivity index (χ1v) is 7.19. The Balaban J connectivity index is 1.96. The fourth-order valence-corrected chi connectivity index (χ4v) is 2.32. The molecule has 1 aliphatic heterocycles. The monoisotopic (exact) mass is 292 g/mol. The fourth-order valence-electron chi connectivity index (χ4n) is 2.32. The molecule has 0 bridgehead atoms. The third-order valence-corrected chi connectivity index (χ3v) is 3.33. The summed E-state index contributed by atoms with van der Waals surface area (Å²) in [5.41, 5.74) is 0.447. The van der Waals surface area contributed by atoms with E-state index in [4.69, 9.17) is 14.6 Å². The predicted molar refractivity (Wildman–Crippen MR) is 78.7 cm³/mol. The number of rotatable bonds is 4. The molecule has 0 spiro atoms. The van der Waals surface area contributed by atoms with Crippen molar-refractivity contribution in [2.75, 3.05) is 13.2 Å². The average Bonchev–Trinajstić information content (AvgIpc) is 2.76. The Bertz CT molecular complexity index is 543. The van der Waals surface area contributed by atoms with Crippen LogP contribution in [0.3, 0.4) is 0 Å². The van der Waals surface area contributed by atoms with E-state index in [1.807, 2.05) is 0 Å². The molecule has 3 nitrogen and oxygen atoms in total. The fraction of sp³-hybridized carbons (Fsp3) is 0.529. The van der Waals surface area contributed by atoms with Crippen molar-refractivity contribution >= 4 is 0 Å². The molecule has 1 unspecified atom stereocenters. The lowest BCUT2D eigenvalue weighted by Crippen LogP contribution is -2.23. The van der Waals surface area contributed by atoms with E-state index in [-0.39, 0.29) is 24.1 Å². The highest BCUT2D eigenvalue weighted by atomic mass is 19.1. The zero-order valence-electron chi connectivity index (χ0n) is 12.5. The second-order valence-corrected chi connectivity index (χ2v) is 5.80. The molecule has 1 aromatic carbocycles. The number of hydrogen-bond donors (Lipinski definition) is 1. The van der Waals surface area contributed by atoms with E-state index in [2.05, 4.69) is 25.7 Å². The highest BCUT2D eigenvalue weighted by molar-refractivity contribution is 5.40. The average molecular weight is 292 g/mol. The Morgan fingerprint density at radius 1 is 1.43 bits per heavy atom. The zero-order valence-corrected chi connectivity index (χ0v) is 12.5. The lowest BCUT2D eigenvalue weighted by atomic mass is 10.1. The van der Waals surface area contributed by atoms with Crippen molar-refractivity contribution in [3.8, 4) is 17.6 Å². The van der Waals surface area contributed by atoms with Gasteiger partial charge in [-0.15, -0.1) is 0 Å². The molecule has 114 valence electrons. The smallest absolute Gasteiger partial charge is 0.128 e. The van der Waals surface area contributed by atoms with Gasteiger partial charge in [0.25, 0.3) is 0 Å². The molecule has 1 aliphatic rings. The second kappa shape index (κ2) is 6.93. The Labute approximate surface area is 125 Å². The van der Waals surface area contributed by atoms with Gasteiger partial charge in [0.2, 0.25) is 0 Å². The number of halogens is 1. The minimum atomic E-state index is -0.381. The van der Waals surface area contributed by atoms with Gasteiger partial charge < -0.3 is 14.6 Å². The molecule has 0 aliphatic carbocycles. The van der Waals surface area contributed by atoms with E-state index < -0.39 is 0 Å². The summed E-state index contributed by atoms with van der Waals surface area (Å²) in [6.07, 6.45) is 2.37. The molecule has 1 aromatic rings. The maximum absolute atomic E-state index is 13.5. The molecule has 0 aromatic heterocycles. The number of benzene rings is 1. The van der Waals surface area contributed by atoms with E-state index in [1.54, 1.807) is 6.07 Å². The third kappa shape index (κ3) is 5.04. The summed E-state index contributed by atoms with van der Waals surface area (Å²) in [6.45, 7) is 4.53. The van der Waals surface area contributed by atoms with Crippen molar-refractivity contribution in [3.63, 3.8) is 0 Å². The van der Waals surface area contributed by atoms with Crippen LogP contribution >= 0.6 is 0 Å². The molecular weight excluding hydrogens is 271 g/mol. The molecule has 1 atom stereocenters. The highest BCUT2D eigenvalue weighted by Crippen LogP contribution is 2.29. The van der Waals surface area contributed by atoms with Gasteiger partial charge in [0.1, 0.15) is 18.2 Å². The van der Waals surface area contributed by atoms with E-state index in [1.165, 1.54) is 12.1 Å². The van der Waals surface area contributed by atoms with Crippen LogP contribution < -0.4 is 4.74 Å². The molecule has 0 amide bonds. The molecule has 1 heterocycles. The Hall–Kier alpha value is -1.57. The Morgan fingerprint density at radius 3 is 2.90 bits per heavy atom. The largest absolute Gasteiger partial charge is 0.491 e. The van der Waals surface area contributed by atoms with Gasteiger partial charge in [0, 0.05) is 18.1 Å². The van der Waals surface area contributed by atoms with Crippen LogP contribution in [0.4, 0.5) is 4.39 Å². The van der Waals surface area contributed by atoms with Gasteiger partial charge in [-0.2, -0.15) is 0 Å². The van der Waals surface area contributed by atoms with Crippen molar-refractivity contribution in [1.82, 2.24) is 0 Å². The van der Waals surface area contributed by atoms with Crippen molar-refractivity contribution in [1.29, 1.82) is 0 Å². The van der Waals surface area contributed by atoms with Crippen molar-refractivity contribution in [2.24, 2.45) is 0 Å². The SMILES string of the molecule is CC1(C)CCC(COc2cc(F)cc(C#CCCO)c2)O1. The first kappa shape index (κ1) is 15.8.